The van der Waals surface area contributed by atoms with Crippen LogP contribution in [0.4, 0.5) is 0 Å². The molecule has 2 aliphatic heterocycles. The number of rotatable bonds is 9. The zero-order valence-corrected chi connectivity index (χ0v) is 19.0. The normalized spacial score (nSPS) is 23.6. The molecular weight excluding hydrogens is 380 g/mol. The van der Waals surface area contributed by atoms with Crippen molar-refractivity contribution in [3.63, 3.8) is 0 Å². The first kappa shape index (κ1) is 22.9. The molecule has 0 bridgehead atoms. The third-order valence-corrected chi connectivity index (χ3v) is 6.59. The summed E-state index contributed by atoms with van der Waals surface area (Å²) in [7, 11) is 3.37. The van der Waals surface area contributed by atoms with Crippen LogP contribution in [0.5, 0.6) is 11.5 Å². The molecule has 0 amide bonds. The lowest BCUT2D eigenvalue weighted by molar-refractivity contribution is -0.147. The predicted molar refractivity (Wildman–Crippen MR) is 118 cm³/mol. The molecule has 6 nitrogen and oxygen atoms in total. The second-order valence-electron chi connectivity index (χ2n) is 9.13. The standard InChI is InChI=1S/C24H38N2O4/c1-16(2)10-18-14-26-9-7-17-12-22(28-3)23(29-4)13-20(17)21(26)11-19(18)15-30-24(27)6-5-8-25/h12-13,16,18-19,21H,5-11,14-15,25H2,1-4H3/t18-,19+,21-/m1/s1. The second kappa shape index (κ2) is 10.5. The van der Waals surface area contributed by atoms with Gasteiger partial charge in [0.15, 0.2) is 11.5 Å². The summed E-state index contributed by atoms with van der Waals surface area (Å²) in [5.41, 5.74) is 8.20. The number of nitrogens with two attached hydrogens (primary N) is 1. The number of nitrogens with zero attached hydrogens (tertiary/aromatic N) is 1. The van der Waals surface area contributed by atoms with Crippen molar-refractivity contribution in [3.05, 3.63) is 23.3 Å². The maximum atomic E-state index is 12.1. The number of carbonyl (C=O) groups is 1. The van der Waals surface area contributed by atoms with Gasteiger partial charge in [0.25, 0.3) is 0 Å². The summed E-state index contributed by atoms with van der Waals surface area (Å²) in [6.07, 6.45) is 4.29. The third-order valence-electron chi connectivity index (χ3n) is 6.59. The number of ether oxygens (including phenoxy) is 3. The van der Waals surface area contributed by atoms with Gasteiger partial charge in [-0.2, -0.15) is 0 Å². The number of hydrogen-bond donors (Lipinski definition) is 1. The zero-order chi connectivity index (χ0) is 21.7. The fraction of sp³-hybridized carbons (Fsp3) is 0.708. The largest absolute Gasteiger partial charge is 0.493 e. The smallest absolute Gasteiger partial charge is 0.305 e. The second-order valence-corrected chi connectivity index (χ2v) is 9.13. The lowest BCUT2D eigenvalue weighted by Gasteiger charge is -2.47. The van der Waals surface area contributed by atoms with E-state index in [1.54, 1.807) is 14.2 Å². The van der Waals surface area contributed by atoms with Crippen LogP contribution in [-0.4, -0.2) is 51.3 Å². The molecule has 30 heavy (non-hydrogen) atoms. The van der Waals surface area contributed by atoms with Gasteiger partial charge in [-0.05, 0) is 73.2 Å². The molecule has 2 heterocycles. The molecule has 0 unspecified atom stereocenters. The Morgan fingerprint density at radius 3 is 2.60 bits per heavy atom. The first-order valence-corrected chi connectivity index (χ1v) is 11.3. The van der Waals surface area contributed by atoms with Crippen LogP contribution in [-0.2, 0) is 16.0 Å². The first-order chi connectivity index (χ1) is 14.5. The molecule has 0 radical (unpaired) electrons. The Morgan fingerprint density at radius 2 is 1.93 bits per heavy atom. The molecule has 1 saturated heterocycles. The number of carbonyl (C=O) groups excluding carboxylic acids is 1. The minimum absolute atomic E-state index is 0.123. The quantitative estimate of drug-likeness (QED) is 0.618. The molecule has 0 spiro atoms. The maximum Gasteiger partial charge on any atom is 0.305 e. The van der Waals surface area contributed by atoms with Gasteiger partial charge in [0.05, 0.1) is 20.8 Å². The Hall–Kier alpha value is -1.79. The van der Waals surface area contributed by atoms with Crippen molar-refractivity contribution in [2.75, 3.05) is 40.5 Å². The molecule has 2 N–H and O–H groups in total. The van der Waals surface area contributed by atoms with E-state index < -0.39 is 0 Å². The lowest BCUT2D eigenvalue weighted by Crippen LogP contribution is -2.47. The van der Waals surface area contributed by atoms with E-state index in [0.29, 0.717) is 49.8 Å². The van der Waals surface area contributed by atoms with Gasteiger partial charge in [-0.1, -0.05) is 13.8 Å². The Kier molecular flexibility index (Phi) is 8.00. The summed E-state index contributed by atoms with van der Waals surface area (Å²) in [5.74, 6) is 3.00. The van der Waals surface area contributed by atoms with E-state index in [9.17, 15) is 4.79 Å². The van der Waals surface area contributed by atoms with Crippen LogP contribution in [0.3, 0.4) is 0 Å². The van der Waals surface area contributed by atoms with E-state index in [-0.39, 0.29) is 5.97 Å². The Morgan fingerprint density at radius 1 is 1.20 bits per heavy atom. The summed E-state index contributed by atoms with van der Waals surface area (Å²) < 4.78 is 16.8. The fourth-order valence-electron chi connectivity index (χ4n) is 5.10. The summed E-state index contributed by atoms with van der Waals surface area (Å²) in [6, 6.07) is 4.62. The van der Waals surface area contributed by atoms with Crippen LogP contribution in [0.15, 0.2) is 12.1 Å². The molecule has 168 valence electrons. The van der Waals surface area contributed by atoms with Gasteiger partial charge in [0.1, 0.15) is 0 Å². The molecule has 1 aromatic carbocycles. The van der Waals surface area contributed by atoms with Gasteiger partial charge in [0, 0.05) is 25.6 Å². The highest BCUT2D eigenvalue weighted by Gasteiger charge is 2.40. The molecule has 0 aromatic heterocycles. The number of esters is 1. The molecule has 1 aromatic rings. The molecule has 3 atom stereocenters. The van der Waals surface area contributed by atoms with Crippen LogP contribution >= 0.6 is 0 Å². The molecule has 2 aliphatic rings. The van der Waals surface area contributed by atoms with E-state index in [0.717, 1.165) is 43.9 Å². The van der Waals surface area contributed by atoms with E-state index in [4.69, 9.17) is 19.9 Å². The van der Waals surface area contributed by atoms with Gasteiger partial charge in [-0.15, -0.1) is 0 Å². The third kappa shape index (κ3) is 5.27. The average Bonchev–Trinajstić information content (AvgIpc) is 2.74. The Balaban J connectivity index is 1.79. The Bertz CT molecular complexity index is 721. The minimum atomic E-state index is -0.123. The van der Waals surface area contributed by atoms with Crippen molar-refractivity contribution in [2.45, 2.75) is 52.0 Å². The van der Waals surface area contributed by atoms with Crippen molar-refractivity contribution < 1.29 is 19.0 Å². The van der Waals surface area contributed by atoms with Gasteiger partial charge in [0.2, 0.25) is 0 Å². The number of methoxy groups -OCH3 is 2. The number of piperidine rings is 1. The van der Waals surface area contributed by atoms with E-state index >= 15 is 0 Å². The van der Waals surface area contributed by atoms with Crippen LogP contribution in [0.1, 0.15) is 56.7 Å². The van der Waals surface area contributed by atoms with Gasteiger partial charge in [-0.25, -0.2) is 0 Å². The van der Waals surface area contributed by atoms with Crippen LogP contribution in [0.2, 0.25) is 0 Å². The van der Waals surface area contributed by atoms with Crippen LogP contribution < -0.4 is 15.2 Å². The molecule has 3 rings (SSSR count). The molecule has 0 saturated carbocycles. The Labute approximate surface area is 181 Å². The number of fused-ring (bicyclic) bond motifs is 3. The highest BCUT2D eigenvalue weighted by Crippen LogP contribution is 2.45. The van der Waals surface area contributed by atoms with Crippen molar-refractivity contribution in [1.29, 1.82) is 0 Å². The maximum absolute atomic E-state index is 12.1. The van der Waals surface area contributed by atoms with E-state index in [1.807, 2.05) is 0 Å². The van der Waals surface area contributed by atoms with Crippen LogP contribution in [0, 0.1) is 17.8 Å². The predicted octanol–water partition coefficient (Wildman–Crippen LogP) is 3.57. The lowest BCUT2D eigenvalue weighted by atomic mass is 9.74. The van der Waals surface area contributed by atoms with E-state index in [2.05, 4.69) is 30.9 Å². The van der Waals surface area contributed by atoms with Gasteiger partial charge < -0.3 is 19.9 Å². The summed E-state index contributed by atoms with van der Waals surface area (Å²) in [5, 5.41) is 0. The van der Waals surface area contributed by atoms with Crippen molar-refractivity contribution >= 4 is 5.97 Å². The van der Waals surface area contributed by atoms with Crippen molar-refractivity contribution in [1.82, 2.24) is 4.90 Å². The first-order valence-electron chi connectivity index (χ1n) is 11.3. The minimum Gasteiger partial charge on any atom is -0.493 e. The van der Waals surface area contributed by atoms with Crippen molar-refractivity contribution in [3.8, 4) is 11.5 Å². The molecule has 6 heteroatoms. The highest BCUT2D eigenvalue weighted by molar-refractivity contribution is 5.69. The topological polar surface area (TPSA) is 74.0 Å². The fourth-order valence-corrected chi connectivity index (χ4v) is 5.10. The number of benzene rings is 1. The van der Waals surface area contributed by atoms with E-state index in [1.165, 1.54) is 11.1 Å². The average molecular weight is 419 g/mol. The summed E-state index contributed by atoms with van der Waals surface area (Å²) >= 11 is 0. The van der Waals surface area contributed by atoms with Gasteiger partial charge >= 0.3 is 5.97 Å². The molecule has 0 aliphatic carbocycles. The monoisotopic (exact) mass is 418 g/mol. The van der Waals surface area contributed by atoms with Gasteiger partial charge in [-0.3, -0.25) is 9.69 Å². The number of hydrogen-bond acceptors (Lipinski definition) is 6. The molecular formula is C24H38N2O4. The summed E-state index contributed by atoms with van der Waals surface area (Å²) in [6.45, 7) is 7.70. The zero-order valence-electron chi connectivity index (χ0n) is 19.0. The molecule has 1 fully saturated rings. The van der Waals surface area contributed by atoms with Crippen LogP contribution in [0.25, 0.3) is 0 Å². The van der Waals surface area contributed by atoms with Crippen molar-refractivity contribution in [2.24, 2.45) is 23.5 Å². The highest BCUT2D eigenvalue weighted by atomic mass is 16.5. The SMILES string of the molecule is COc1cc2c(cc1OC)[C@H]1C[C@@H](COC(=O)CCCN)[C@H](CC(C)C)CN1CC2. The summed E-state index contributed by atoms with van der Waals surface area (Å²) in [4.78, 5) is 14.7.